The number of benzene rings is 1. The molecule has 0 aromatic heterocycles. The molecule has 1 aliphatic heterocycles. The number of hydrogen-bond donors (Lipinski definition) is 2. The van der Waals surface area contributed by atoms with E-state index in [9.17, 15) is 0 Å². The number of guanidine groups is 1. The number of aliphatic imine (C=N–C) groups is 1. The Morgan fingerprint density at radius 1 is 1.30 bits per heavy atom. The lowest BCUT2D eigenvalue weighted by Gasteiger charge is -2.13. The third-order valence-electron chi connectivity index (χ3n) is 3.71. The Morgan fingerprint density at radius 2 is 2.17 bits per heavy atom. The van der Waals surface area contributed by atoms with E-state index in [1.807, 2.05) is 30.3 Å². The minimum atomic E-state index is 0.421. The zero-order chi connectivity index (χ0) is 16.2. The van der Waals surface area contributed by atoms with Crippen molar-refractivity contribution in [3.63, 3.8) is 0 Å². The van der Waals surface area contributed by atoms with E-state index in [1.54, 1.807) is 0 Å². The minimum absolute atomic E-state index is 0.421. The molecule has 1 saturated heterocycles. The second kappa shape index (κ2) is 10.9. The normalized spacial score (nSPS) is 18.0. The van der Waals surface area contributed by atoms with Crippen LogP contribution in [-0.4, -0.2) is 44.9 Å². The van der Waals surface area contributed by atoms with Crippen LogP contribution in [0.3, 0.4) is 0 Å². The van der Waals surface area contributed by atoms with Gasteiger partial charge in [-0.05, 0) is 38.3 Å². The van der Waals surface area contributed by atoms with Crippen LogP contribution >= 0.6 is 0 Å². The summed E-state index contributed by atoms with van der Waals surface area (Å²) in [6.45, 7) is 6.20. The summed E-state index contributed by atoms with van der Waals surface area (Å²) >= 11 is 0. The van der Waals surface area contributed by atoms with Crippen LogP contribution in [0.4, 0.5) is 0 Å². The predicted octanol–water partition coefficient (Wildman–Crippen LogP) is 2.58. The third kappa shape index (κ3) is 7.37. The van der Waals surface area contributed by atoms with Gasteiger partial charge in [0.25, 0.3) is 0 Å². The Morgan fingerprint density at radius 3 is 2.91 bits per heavy atom. The SMILES string of the molecule is CCNC(=NCCCOc1ccccc1)NCCC1CCCO1. The lowest BCUT2D eigenvalue weighted by molar-refractivity contribution is 0.105. The van der Waals surface area contributed by atoms with Gasteiger partial charge >= 0.3 is 0 Å². The largest absolute Gasteiger partial charge is 0.494 e. The fourth-order valence-electron chi connectivity index (χ4n) is 2.53. The molecule has 5 nitrogen and oxygen atoms in total. The number of ether oxygens (including phenoxy) is 2. The van der Waals surface area contributed by atoms with Gasteiger partial charge in [0.15, 0.2) is 5.96 Å². The van der Waals surface area contributed by atoms with E-state index in [1.165, 1.54) is 12.8 Å². The Kier molecular flexibility index (Phi) is 8.33. The number of nitrogens with one attached hydrogen (secondary N) is 2. The molecule has 1 unspecified atom stereocenters. The van der Waals surface area contributed by atoms with Crippen molar-refractivity contribution in [3.05, 3.63) is 30.3 Å². The molecule has 1 atom stereocenters. The first-order valence-corrected chi connectivity index (χ1v) is 8.70. The van der Waals surface area contributed by atoms with Crippen LogP contribution in [0.5, 0.6) is 5.75 Å². The standard InChI is InChI=1S/C18H29N3O2/c1-2-19-18(21-13-11-17-10-6-14-22-17)20-12-7-15-23-16-8-4-3-5-9-16/h3-5,8-9,17H,2,6-7,10-15H2,1H3,(H2,19,20,21). The first-order chi connectivity index (χ1) is 11.4. The van der Waals surface area contributed by atoms with E-state index in [0.29, 0.717) is 12.7 Å². The predicted molar refractivity (Wildman–Crippen MR) is 94.1 cm³/mol. The highest BCUT2D eigenvalue weighted by molar-refractivity contribution is 5.79. The van der Waals surface area contributed by atoms with E-state index < -0.39 is 0 Å². The van der Waals surface area contributed by atoms with Crippen LogP contribution in [0.25, 0.3) is 0 Å². The lowest BCUT2D eigenvalue weighted by atomic mass is 10.2. The number of hydrogen-bond acceptors (Lipinski definition) is 3. The zero-order valence-electron chi connectivity index (χ0n) is 14.1. The highest BCUT2D eigenvalue weighted by Gasteiger charge is 2.14. The number of para-hydroxylation sites is 1. The fourth-order valence-corrected chi connectivity index (χ4v) is 2.53. The summed E-state index contributed by atoms with van der Waals surface area (Å²) in [4.78, 5) is 4.58. The average molecular weight is 319 g/mol. The fraction of sp³-hybridized carbons (Fsp3) is 0.611. The molecule has 23 heavy (non-hydrogen) atoms. The molecule has 5 heteroatoms. The lowest BCUT2D eigenvalue weighted by Crippen LogP contribution is -2.38. The molecule has 1 aromatic rings. The summed E-state index contributed by atoms with van der Waals surface area (Å²) in [6.07, 6.45) is 4.75. The molecule has 1 fully saturated rings. The van der Waals surface area contributed by atoms with Gasteiger partial charge in [-0.15, -0.1) is 0 Å². The molecule has 1 aliphatic rings. The van der Waals surface area contributed by atoms with Gasteiger partial charge in [-0.3, -0.25) is 4.99 Å². The quantitative estimate of drug-likeness (QED) is 0.417. The second-order valence-electron chi connectivity index (χ2n) is 5.63. The molecule has 0 bridgehead atoms. The van der Waals surface area contributed by atoms with Gasteiger partial charge in [0.05, 0.1) is 12.7 Å². The van der Waals surface area contributed by atoms with Gasteiger partial charge in [0.1, 0.15) is 5.75 Å². The molecular weight excluding hydrogens is 290 g/mol. The van der Waals surface area contributed by atoms with Gasteiger partial charge in [-0.25, -0.2) is 0 Å². The van der Waals surface area contributed by atoms with Gasteiger partial charge < -0.3 is 20.1 Å². The second-order valence-corrected chi connectivity index (χ2v) is 5.63. The van der Waals surface area contributed by atoms with Crippen molar-refractivity contribution >= 4 is 5.96 Å². The summed E-state index contributed by atoms with van der Waals surface area (Å²) in [5, 5.41) is 6.65. The van der Waals surface area contributed by atoms with Gasteiger partial charge in [0, 0.05) is 32.7 Å². The van der Waals surface area contributed by atoms with Crippen molar-refractivity contribution in [3.8, 4) is 5.75 Å². The summed E-state index contributed by atoms with van der Waals surface area (Å²) in [5.74, 6) is 1.79. The van der Waals surface area contributed by atoms with Crippen LogP contribution in [-0.2, 0) is 4.74 Å². The van der Waals surface area contributed by atoms with Crippen LogP contribution < -0.4 is 15.4 Å². The minimum Gasteiger partial charge on any atom is -0.494 e. The molecule has 0 amide bonds. The Labute approximate surface area is 139 Å². The molecule has 1 heterocycles. The molecule has 128 valence electrons. The summed E-state index contributed by atoms with van der Waals surface area (Å²) in [6, 6.07) is 9.89. The van der Waals surface area contributed by atoms with E-state index in [4.69, 9.17) is 9.47 Å². The van der Waals surface area contributed by atoms with Crippen LogP contribution in [0.2, 0.25) is 0 Å². The highest BCUT2D eigenvalue weighted by atomic mass is 16.5. The Balaban J connectivity index is 1.60. The monoisotopic (exact) mass is 319 g/mol. The van der Waals surface area contributed by atoms with Crippen molar-refractivity contribution in [1.82, 2.24) is 10.6 Å². The smallest absolute Gasteiger partial charge is 0.191 e. The molecule has 2 rings (SSSR count). The average Bonchev–Trinajstić information content (AvgIpc) is 3.09. The first-order valence-electron chi connectivity index (χ1n) is 8.70. The van der Waals surface area contributed by atoms with Crippen LogP contribution in [0, 0.1) is 0 Å². The van der Waals surface area contributed by atoms with E-state index in [-0.39, 0.29) is 0 Å². The maximum atomic E-state index is 5.67. The maximum absolute atomic E-state index is 5.67. The molecule has 0 radical (unpaired) electrons. The van der Waals surface area contributed by atoms with Crippen molar-refractivity contribution in [2.45, 2.75) is 38.7 Å². The number of rotatable bonds is 9. The highest BCUT2D eigenvalue weighted by Crippen LogP contribution is 2.14. The molecule has 0 spiro atoms. The Hall–Kier alpha value is -1.75. The van der Waals surface area contributed by atoms with Crippen molar-refractivity contribution in [2.24, 2.45) is 4.99 Å². The Bertz CT molecular complexity index is 445. The van der Waals surface area contributed by atoms with E-state index >= 15 is 0 Å². The number of nitrogens with zero attached hydrogens (tertiary/aromatic N) is 1. The molecule has 0 saturated carbocycles. The first kappa shape index (κ1) is 17.6. The summed E-state index contributed by atoms with van der Waals surface area (Å²) in [5.41, 5.74) is 0. The van der Waals surface area contributed by atoms with Gasteiger partial charge in [-0.2, -0.15) is 0 Å². The molecule has 1 aromatic carbocycles. The molecular formula is C18H29N3O2. The van der Waals surface area contributed by atoms with E-state index in [0.717, 1.165) is 50.8 Å². The van der Waals surface area contributed by atoms with Crippen molar-refractivity contribution < 1.29 is 9.47 Å². The van der Waals surface area contributed by atoms with Gasteiger partial charge in [-0.1, -0.05) is 18.2 Å². The van der Waals surface area contributed by atoms with Crippen molar-refractivity contribution in [1.29, 1.82) is 0 Å². The van der Waals surface area contributed by atoms with Gasteiger partial charge in [0.2, 0.25) is 0 Å². The van der Waals surface area contributed by atoms with Crippen LogP contribution in [0.1, 0.15) is 32.6 Å². The molecule has 2 N–H and O–H groups in total. The summed E-state index contributed by atoms with van der Waals surface area (Å²) in [7, 11) is 0. The zero-order valence-corrected chi connectivity index (χ0v) is 14.1. The van der Waals surface area contributed by atoms with Crippen LogP contribution in [0.15, 0.2) is 35.3 Å². The topological polar surface area (TPSA) is 54.9 Å². The van der Waals surface area contributed by atoms with E-state index in [2.05, 4.69) is 22.5 Å². The molecule has 0 aliphatic carbocycles. The maximum Gasteiger partial charge on any atom is 0.191 e. The van der Waals surface area contributed by atoms with Crippen molar-refractivity contribution in [2.75, 3.05) is 32.8 Å². The third-order valence-corrected chi connectivity index (χ3v) is 3.71. The summed E-state index contributed by atoms with van der Waals surface area (Å²) < 4.78 is 11.3.